The van der Waals surface area contributed by atoms with Gasteiger partial charge in [0.2, 0.25) is 0 Å². The minimum absolute atomic E-state index is 0.116. The van der Waals surface area contributed by atoms with Crippen LogP contribution in [0.2, 0.25) is 0 Å². The van der Waals surface area contributed by atoms with Gasteiger partial charge >= 0.3 is 0 Å². The number of hydrogen-bond donors (Lipinski definition) is 1. The fraction of sp³-hybridized carbons (Fsp3) is 1.00. The van der Waals surface area contributed by atoms with Gasteiger partial charge in [0.1, 0.15) is 0 Å². The topological polar surface area (TPSA) is 55.4 Å². The summed E-state index contributed by atoms with van der Waals surface area (Å²) in [6, 6.07) is 0. The lowest BCUT2D eigenvalue weighted by molar-refractivity contribution is 0.197. The smallest absolute Gasteiger partial charge is 0.264 e. The van der Waals surface area contributed by atoms with E-state index in [2.05, 4.69) is 5.32 Å². The molecule has 12 heavy (non-hydrogen) atoms. The molecular formula is C7H15NO3S. The molecule has 1 rings (SSSR count). The Kier molecular flexibility index (Phi) is 3.49. The summed E-state index contributed by atoms with van der Waals surface area (Å²) in [4.78, 5) is 0. The summed E-state index contributed by atoms with van der Waals surface area (Å²) in [6.07, 6.45) is 3.59. The quantitative estimate of drug-likeness (QED) is 0.632. The highest BCUT2D eigenvalue weighted by Crippen LogP contribution is 2.11. The molecule has 1 unspecified atom stereocenters. The van der Waals surface area contributed by atoms with Crippen LogP contribution in [-0.2, 0) is 14.3 Å². The van der Waals surface area contributed by atoms with Crippen LogP contribution in [0.15, 0.2) is 0 Å². The Hall–Kier alpha value is -0.130. The van der Waals surface area contributed by atoms with Crippen molar-refractivity contribution in [2.24, 2.45) is 0 Å². The summed E-state index contributed by atoms with van der Waals surface area (Å²) in [5.74, 6) is 0. The number of rotatable bonds is 2. The van der Waals surface area contributed by atoms with Crippen molar-refractivity contribution in [1.29, 1.82) is 0 Å². The number of nitrogens with one attached hydrogen (secondary N) is 1. The van der Waals surface area contributed by atoms with Crippen LogP contribution in [0.4, 0.5) is 0 Å². The lowest BCUT2D eigenvalue weighted by Crippen LogP contribution is -2.19. The Morgan fingerprint density at radius 2 is 2.08 bits per heavy atom. The van der Waals surface area contributed by atoms with E-state index in [-0.39, 0.29) is 6.10 Å². The van der Waals surface area contributed by atoms with Gasteiger partial charge in [-0.25, -0.2) is 0 Å². The Balaban J connectivity index is 2.40. The first-order valence-corrected chi connectivity index (χ1v) is 5.98. The number of hydrogen-bond acceptors (Lipinski definition) is 4. The van der Waals surface area contributed by atoms with E-state index in [1.54, 1.807) is 0 Å². The molecule has 0 saturated carbocycles. The van der Waals surface area contributed by atoms with Crippen molar-refractivity contribution in [1.82, 2.24) is 5.32 Å². The molecule has 1 N–H and O–H groups in total. The van der Waals surface area contributed by atoms with Gasteiger partial charge in [-0.3, -0.25) is 4.18 Å². The normalized spacial score (nSPS) is 26.6. The van der Waals surface area contributed by atoms with Crippen LogP contribution in [0.1, 0.15) is 19.3 Å². The summed E-state index contributed by atoms with van der Waals surface area (Å²) in [7, 11) is -3.27. The largest absolute Gasteiger partial charge is 0.317 e. The third-order valence-corrected chi connectivity index (χ3v) is 2.46. The van der Waals surface area contributed by atoms with E-state index in [0.29, 0.717) is 0 Å². The second-order valence-corrected chi connectivity index (χ2v) is 4.70. The third-order valence-electron chi connectivity index (χ3n) is 1.83. The van der Waals surface area contributed by atoms with Crippen LogP contribution >= 0.6 is 0 Å². The molecule has 72 valence electrons. The molecule has 0 amide bonds. The van der Waals surface area contributed by atoms with Crippen LogP contribution in [-0.4, -0.2) is 33.9 Å². The monoisotopic (exact) mass is 193 g/mol. The predicted octanol–water partition coefficient (Wildman–Crippen LogP) is 0.105. The molecular weight excluding hydrogens is 178 g/mol. The van der Waals surface area contributed by atoms with Gasteiger partial charge in [0.05, 0.1) is 12.4 Å². The molecule has 0 radical (unpaired) electrons. The SMILES string of the molecule is CS(=O)(=O)OC1CCCNCC1. The molecule has 0 aromatic heterocycles. The standard InChI is InChI=1S/C7H15NO3S/c1-12(9,10)11-7-3-2-5-8-6-4-7/h7-8H,2-6H2,1H3. The van der Waals surface area contributed by atoms with Crippen molar-refractivity contribution >= 4 is 10.1 Å². The van der Waals surface area contributed by atoms with Crippen LogP contribution in [0.3, 0.4) is 0 Å². The van der Waals surface area contributed by atoms with E-state index >= 15 is 0 Å². The average Bonchev–Trinajstić information content (AvgIpc) is 2.12. The summed E-state index contributed by atoms with van der Waals surface area (Å²) in [6.45, 7) is 1.81. The molecule has 1 fully saturated rings. The van der Waals surface area contributed by atoms with Gasteiger partial charge in [-0.2, -0.15) is 8.42 Å². The maximum atomic E-state index is 10.8. The summed E-state index contributed by atoms with van der Waals surface area (Å²) >= 11 is 0. The van der Waals surface area contributed by atoms with Gasteiger partial charge in [0, 0.05) is 0 Å². The molecule has 0 bridgehead atoms. The van der Waals surface area contributed by atoms with Crippen molar-refractivity contribution in [3.8, 4) is 0 Å². The Morgan fingerprint density at radius 3 is 2.75 bits per heavy atom. The second kappa shape index (κ2) is 4.20. The lowest BCUT2D eigenvalue weighted by Gasteiger charge is -2.11. The van der Waals surface area contributed by atoms with Crippen molar-refractivity contribution in [2.75, 3.05) is 19.3 Å². The minimum Gasteiger partial charge on any atom is -0.317 e. The summed E-state index contributed by atoms with van der Waals surface area (Å²) < 4.78 is 26.4. The molecule has 0 aromatic carbocycles. The molecule has 0 aromatic rings. The molecule has 0 spiro atoms. The molecule has 1 atom stereocenters. The van der Waals surface area contributed by atoms with Crippen molar-refractivity contribution in [2.45, 2.75) is 25.4 Å². The van der Waals surface area contributed by atoms with Crippen LogP contribution in [0.25, 0.3) is 0 Å². The van der Waals surface area contributed by atoms with E-state index in [1.807, 2.05) is 0 Å². The molecule has 5 heteroatoms. The Morgan fingerprint density at radius 1 is 1.33 bits per heavy atom. The predicted molar refractivity (Wildman–Crippen MR) is 46.4 cm³/mol. The third kappa shape index (κ3) is 4.04. The van der Waals surface area contributed by atoms with Crippen molar-refractivity contribution in [3.63, 3.8) is 0 Å². The summed E-state index contributed by atoms with van der Waals surface area (Å²) in [5.41, 5.74) is 0. The maximum absolute atomic E-state index is 10.8. The summed E-state index contributed by atoms with van der Waals surface area (Å²) in [5, 5.41) is 3.19. The zero-order valence-electron chi connectivity index (χ0n) is 7.25. The molecule has 1 aliphatic rings. The van der Waals surface area contributed by atoms with Gasteiger partial charge in [0.15, 0.2) is 0 Å². The molecule has 1 aliphatic heterocycles. The fourth-order valence-electron chi connectivity index (χ4n) is 1.33. The molecule has 1 heterocycles. The van der Waals surface area contributed by atoms with E-state index in [1.165, 1.54) is 0 Å². The first-order chi connectivity index (χ1) is 5.58. The molecule has 0 aliphatic carbocycles. The highest BCUT2D eigenvalue weighted by molar-refractivity contribution is 7.86. The van der Waals surface area contributed by atoms with E-state index < -0.39 is 10.1 Å². The first-order valence-electron chi connectivity index (χ1n) is 4.17. The Bertz CT molecular complexity index is 217. The van der Waals surface area contributed by atoms with Crippen molar-refractivity contribution < 1.29 is 12.6 Å². The van der Waals surface area contributed by atoms with Gasteiger partial charge in [-0.15, -0.1) is 0 Å². The second-order valence-electron chi connectivity index (χ2n) is 3.10. The highest BCUT2D eigenvalue weighted by atomic mass is 32.2. The van der Waals surface area contributed by atoms with Crippen LogP contribution < -0.4 is 5.32 Å². The molecule has 4 nitrogen and oxygen atoms in total. The van der Waals surface area contributed by atoms with Crippen LogP contribution in [0, 0.1) is 0 Å². The highest BCUT2D eigenvalue weighted by Gasteiger charge is 2.16. The maximum Gasteiger partial charge on any atom is 0.264 e. The fourth-order valence-corrected chi connectivity index (χ4v) is 2.02. The Labute approximate surface area is 73.4 Å². The van der Waals surface area contributed by atoms with Crippen LogP contribution in [0.5, 0.6) is 0 Å². The zero-order chi connectivity index (χ0) is 9.03. The van der Waals surface area contributed by atoms with Gasteiger partial charge in [0.25, 0.3) is 10.1 Å². The van der Waals surface area contributed by atoms with E-state index in [0.717, 1.165) is 38.6 Å². The zero-order valence-corrected chi connectivity index (χ0v) is 8.06. The lowest BCUT2D eigenvalue weighted by atomic mass is 10.2. The van der Waals surface area contributed by atoms with Crippen molar-refractivity contribution in [3.05, 3.63) is 0 Å². The van der Waals surface area contributed by atoms with Gasteiger partial charge in [-0.05, 0) is 32.4 Å². The van der Waals surface area contributed by atoms with Gasteiger partial charge < -0.3 is 5.32 Å². The first kappa shape index (κ1) is 9.95. The van der Waals surface area contributed by atoms with Gasteiger partial charge in [-0.1, -0.05) is 0 Å². The average molecular weight is 193 g/mol. The van der Waals surface area contributed by atoms with E-state index in [9.17, 15) is 8.42 Å². The minimum atomic E-state index is -3.27. The van der Waals surface area contributed by atoms with E-state index in [4.69, 9.17) is 4.18 Å². The molecule has 1 saturated heterocycles.